The maximum absolute atomic E-state index is 13.2. The number of rotatable bonds is 8. The Morgan fingerprint density at radius 1 is 1.03 bits per heavy atom. The van der Waals surface area contributed by atoms with Gasteiger partial charge in [0.25, 0.3) is 0 Å². The van der Waals surface area contributed by atoms with E-state index in [9.17, 15) is 40.7 Å². The summed E-state index contributed by atoms with van der Waals surface area (Å²) in [5.41, 5.74) is 1.07. The lowest BCUT2D eigenvalue weighted by molar-refractivity contribution is -0.138. The van der Waals surface area contributed by atoms with Crippen LogP contribution in [0.15, 0.2) is 53.3 Å². The van der Waals surface area contributed by atoms with Gasteiger partial charge in [-0.05, 0) is 48.9 Å². The van der Waals surface area contributed by atoms with Crippen molar-refractivity contribution in [2.45, 2.75) is 44.3 Å². The van der Waals surface area contributed by atoms with E-state index in [0.717, 1.165) is 29.7 Å². The van der Waals surface area contributed by atoms with E-state index >= 15 is 0 Å². The number of nitrogens with one attached hydrogen (secondary N) is 1. The number of benzene rings is 2. The SMILES string of the molecule is CC(NC(=O)Cn1nc(-c2ccc(Cl)cc2)n(CCC(F)(F)F)c1=O)(C(N)=O)c1cccc(C(F)(F)F)c1. The second-order valence-electron chi connectivity index (χ2n) is 8.40. The van der Waals surface area contributed by atoms with Crippen molar-refractivity contribution in [2.75, 3.05) is 0 Å². The van der Waals surface area contributed by atoms with Gasteiger partial charge in [-0.3, -0.25) is 14.2 Å². The van der Waals surface area contributed by atoms with Crippen LogP contribution in [0.2, 0.25) is 5.02 Å². The maximum atomic E-state index is 13.2. The van der Waals surface area contributed by atoms with Crippen LogP contribution in [0.1, 0.15) is 24.5 Å². The number of alkyl halides is 6. The van der Waals surface area contributed by atoms with Crippen molar-refractivity contribution in [2.24, 2.45) is 5.73 Å². The molecule has 204 valence electrons. The number of hydrogen-bond donors (Lipinski definition) is 2. The van der Waals surface area contributed by atoms with Gasteiger partial charge >= 0.3 is 18.0 Å². The lowest BCUT2D eigenvalue weighted by atomic mass is 9.89. The molecule has 0 aliphatic carbocycles. The van der Waals surface area contributed by atoms with Gasteiger partial charge in [-0.2, -0.15) is 26.3 Å². The zero-order chi connectivity index (χ0) is 28.5. The minimum atomic E-state index is -4.74. The van der Waals surface area contributed by atoms with Gasteiger partial charge < -0.3 is 11.1 Å². The smallest absolute Gasteiger partial charge is 0.367 e. The Labute approximate surface area is 216 Å². The van der Waals surface area contributed by atoms with Crippen molar-refractivity contribution in [3.8, 4) is 11.4 Å². The molecule has 1 atom stereocenters. The third-order valence-corrected chi connectivity index (χ3v) is 5.84. The summed E-state index contributed by atoms with van der Waals surface area (Å²) in [5, 5.41) is 6.50. The predicted octanol–water partition coefficient (Wildman–Crippen LogP) is 3.85. The summed E-state index contributed by atoms with van der Waals surface area (Å²) in [7, 11) is 0. The highest BCUT2D eigenvalue weighted by molar-refractivity contribution is 6.30. The van der Waals surface area contributed by atoms with Gasteiger partial charge in [0, 0.05) is 17.1 Å². The zero-order valence-corrected chi connectivity index (χ0v) is 20.3. The van der Waals surface area contributed by atoms with Crippen molar-refractivity contribution < 1.29 is 35.9 Å². The van der Waals surface area contributed by atoms with E-state index in [-0.39, 0.29) is 17.0 Å². The molecule has 0 saturated carbocycles. The Kier molecular flexibility index (Phi) is 7.96. The Hall–Kier alpha value is -3.81. The molecule has 1 unspecified atom stereocenters. The highest BCUT2D eigenvalue weighted by Gasteiger charge is 2.38. The van der Waals surface area contributed by atoms with Crippen LogP contribution in [-0.4, -0.2) is 32.3 Å². The molecule has 0 aliphatic rings. The van der Waals surface area contributed by atoms with Gasteiger partial charge in [0.05, 0.1) is 12.0 Å². The number of aromatic nitrogens is 3. The van der Waals surface area contributed by atoms with E-state index in [1.54, 1.807) is 0 Å². The third-order valence-electron chi connectivity index (χ3n) is 5.59. The molecule has 0 radical (unpaired) electrons. The van der Waals surface area contributed by atoms with Crippen LogP contribution < -0.4 is 16.7 Å². The van der Waals surface area contributed by atoms with Crippen LogP contribution in [0, 0.1) is 0 Å². The molecule has 0 bridgehead atoms. The molecule has 0 aliphatic heterocycles. The standard InChI is InChI=1S/C23H20ClF6N5O3/c1-21(19(31)37,14-3-2-4-15(11-14)23(28,29)30)32-17(36)12-35-20(38)34(10-9-22(25,26)27)18(33-35)13-5-7-16(24)8-6-13/h2-8,11H,9-10,12H2,1H3,(H2,31,37)(H,32,36). The fraction of sp³-hybridized carbons (Fsp3) is 0.304. The average molecular weight is 564 g/mol. The second kappa shape index (κ2) is 10.5. The summed E-state index contributed by atoms with van der Waals surface area (Å²) in [4.78, 5) is 37.9. The minimum Gasteiger partial charge on any atom is -0.367 e. The van der Waals surface area contributed by atoms with Gasteiger partial charge in [-0.1, -0.05) is 23.7 Å². The number of carbonyl (C=O) groups excluding carboxylic acids is 2. The highest BCUT2D eigenvalue weighted by atomic mass is 35.5. The van der Waals surface area contributed by atoms with Crippen LogP contribution >= 0.6 is 11.6 Å². The normalized spacial score (nSPS) is 13.7. The van der Waals surface area contributed by atoms with Crippen molar-refractivity contribution >= 4 is 23.4 Å². The van der Waals surface area contributed by atoms with Crippen LogP contribution in [0.5, 0.6) is 0 Å². The molecule has 15 heteroatoms. The molecule has 1 heterocycles. The number of primary amides is 1. The molecule has 2 aromatic carbocycles. The Morgan fingerprint density at radius 2 is 1.63 bits per heavy atom. The lowest BCUT2D eigenvalue weighted by Gasteiger charge is -2.28. The first-order chi connectivity index (χ1) is 17.5. The Bertz CT molecular complexity index is 1400. The number of hydrogen-bond acceptors (Lipinski definition) is 4. The first kappa shape index (κ1) is 28.8. The fourth-order valence-electron chi connectivity index (χ4n) is 3.53. The van der Waals surface area contributed by atoms with Crippen molar-refractivity contribution in [3.63, 3.8) is 0 Å². The van der Waals surface area contributed by atoms with Gasteiger partial charge in [-0.25, -0.2) is 9.48 Å². The summed E-state index contributed by atoms with van der Waals surface area (Å²) < 4.78 is 79.4. The molecule has 3 N–H and O–H groups in total. The Balaban J connectivity index is 1.95. The molecule has 0 saturated heterocycles. The van der Waals surface area contributed by atoms with E-state index in [1.165, 1.54) is 24.3 Å². The average Bonchev–Trinajstić information content (AvgIpc) is 3.11. The topological polar surface area (TPSA) is 112 Å². The summed E-state index contributed by atoms with van der Waals surface area (Å²) >= 11 is 5.84. The fourth-order valence-corrected chi connectivity index (χ4v) is 3.66. The summed E-state index contributed by atoms with van der Waals surface area (Å²) in [6.07, 6.45) is -10.7. The first-order valence-electron chi connectivity index (χ1n) is 10.8. The van der Waals surface area contributed by atoms with E-state index in [4.69, 9.17) is 17.3 Å². The number of amides is 2. The van der Waals surface area contributed by atoms with E-state index in [0.29, 0.717) is 15.8 Å². The second-order valence-corrected chi connectivity index (χ2v) is 8.84. The van der Waals surface area contributed by atoms with Gasteiger partial charge in [0.1, 0.15) is 12.1 Å². The predicted molar refractivity (Wildman–Crippen MR) is 124 cm³/mol. The quantitative estimate of drug-likeness (QED) is 0.405. The number of nitrogens with zero attached hydrogens (tertiary/aromatic N) is 3. The molecule has 3 aromatic rings. The summed E-state index contributed by atoms with van der Waals surface area (Å²) in [6.45, 7) is -0.599. The molecule has 8 nitrogen and oxygen atoms in total. The Morgan fingerprint density at radius 3 is 2.18 bits per heavy atom. The molecule has 2 amide bonds. The highest BCUT2D eigenvalue weighted by Crippen LogP contribution is 2.32. The van der Waals surface area contributed by atoms with Gasteiger partial charge in [0.15, 0.2) is 5.82 Å². The molecule has 0 spiro atoms. The molecular formula is C23H20ClF6N5O3. The summed E-state index contributed by atoms with van der Waals surface area (Å²) in [5.74, 6) is -2.44. The lowest BCUT2D eigenvalue weighted by Crippen LogP contribution is -2.54. The molecule has 38 heavy (non-hydrogen) atoms. The maximum Gasteiger partial charge on any atom is 0.416 e. The minimum absolute atomic E-state index is 0.181. The van der Waals surface area contributed by atoms with E-state index < -0.39 is 60.5 Å². The van der Waals surface area contributed by atoms with Crippen LogP contribution in [0.25, 0.3) is 11.4 Å². The van der Waals surface area contributed by atoms with Gasteiger partial charge in [-0.15, -0.1) is 5.10 Å². The number of nitrogens with two attached hydrogens (primary N) is 1. The molecule has 0 fully saturated rings. The largest absolute Gasteiger partial charge is 0.416 e. The third kappa shape index (κ3) is 6.54. The molecule has 1 aromatic heterocycles. The van der Waals surface area contributed by atoms with Crippen molar-refractivity contribution in [3.05, 3.63) is 75.2 Å². The van der Waals surface area contributed by atoms with Crippen molar-refractivity contribution in [1.29, 1.82) is 0 Å². The monoisotopic (exact) mass is 563 g/mol. The van der Waals surface area contributed by atoms with Crippen LogP contribution in [-0.2, 0) is 34.4 Å². The number of carbonyl (C=O) groups is 2. The van der Waals surface area contributed by atoms with Crippen LogP contribution in [0.4, 0.5) is 26.3 Å². The van der Waals surface area contributed by atoms with E-state index in [1.807, 2.05) is 0 Å². The summed E-state index contributed by atoms with van der Waals surface area (Å²) in [6, 6.07) is 9.25. The van der Waals surface area contributed by atoms with Crippen LogP contribution in [0.3, 0.4) is 0 Å². The molecular weight excluding hydrogens is 544 g/mol. The zero-order valence-electron chi connectivity index (χ0n) is 19.5. The van der Waals surface area contributed by atoms with Gasteiger partial charge in [0.2, 0.25) is 11.8 Å². The number of halogens is 7. The first-order valence-corrected chi connectivity index (χ1v) is 11.2. The van der Waals surface area contributed by atoms with Crippen molar-refractivity contribution in [1.82, 2.24) is 19.7 Å². The van der Waals surface area contributed by atoms with E-state index in [2.05, 4.69) is 10.4 Å². The molecule has 3 rings (SSSR count).